The van der Waals surface area contributed by atoms with E-state index in [2.05, 4.69) is 4.98 Å². The monoisotopic (exact) mass is 288 g/mol. The number of hydrogen-bond acceptors (Lipinski definition) is 3. The first-order valence-corrected chi connectivity index (χ1v) is 7.08. The molecule has 3 rings (SSSR count). The Morgan fingerprint density at radius 1 is 1.25 bits per heavy atom. The van der Waals surface area contributed by atoms with Crippen LogP contribution in [0.1, 0.15) is 16.3 Å². The molecule has 0 spiro atoms. The smallest absolute Gasteiger partial charge is 0.262 e. The van der Waals surface area contributed by atoms with Crippen molar-refractivity contribution in [1.29, 1.82) is 0 Å². The maximum Gasteiger partial charge on any atom is 0.262 e. The van der Waals surface area contributed by atoms with Gasteiger partial charge in [0.05, 0.1) is 11.9 Å². The lowest BCUT2D eigenvalue weighted by Gasteiger charge is -2.09. The van der Waals surface area contributed by atoms with Crippen LogP contribution in [0.3, 0.4) is 0 Å². The topological polar surface area (TPSA) is 34.9 Å². The van der Waals surface area contributed by atoms with Gasteiger partial charge in [0, 0.05) is 4.88 Å². The molecule has 2 heterocycles. The van der Waals surface area contributed by atoms with Gasteiger partial charge in [-0.15, -0.1) is 11.3 Å². The molecule has 0 atom stereocenters. The average Bonchev–Trinajstić information content (AvgIpc) is 2.77. The van der Waals surface area contributed by atoms with Gasteiger partial charge in [0.25, 0.3) is 5.56 Å². The molecule has 3 aromatic rings. The van der Waals surface area contributed by atoms with Crippen molar-refractivity contribution in [3.8, 4) is 0 Å². The second-order valence-corrected chi connectivity index (χ2v) is 5.99. The number of aromatic nitrogens is 2. The van der Waals surface area contributed by atoms with E-state index >= 15 is 0 Å². The molecule has 2 aromatic heterocycles. The number of aryl methyl sites for hydroxylation is 2. The molecule has 0 aliphatic carbocycles. The van der Waals surface area contributed by atoms with Crippen molar-refractivity contribution in [2.45, 2.75) is 20.4 Å². The summed E-state index contributed by atoms with van der Waals surface area (Å²) in [6.45, 7) is 4.19. The van der Waals surface area contributed by atoms with Crippen LogP contribution in [0.5, 0.6) is 0 Å². The molecule has 20 heavy (non-hydrogen) atoms. The van der Waals surface area contributed by atoms with Crippen LogP contribution in [0.2, 0.25) is 0 Å². The van der Waals surface area contributed by atoms with E-state index < -0.39 is 0 Å². The van der Waals surface area contributed by atoms with Gasteiger partial charge >= 0.3 is 0 Å². The van der Waals surface area contributed by atoms with Gasteiger partial charge in [-0.1, -0.05) is 12.1 Å². The Hall–Kier alpha value is -2.01. The third kappa shape index (κ3) is 2.25. The molecule has 0 N–H and O–H groups in total. The summed E-state index contributed by atoms with van der Waals surface area (Å²) in [5.74, 6) is 0.397. The van der Waals surface area contributed by atoms with Crippen molar-refractivity contribution in [3.05, 3.63) is 62.8 Å². The van der Waals surface area contributed by atoms with E-state index in [0.29, 0.717) is 17.8 Å². The molecule has 3 nitrogen and oxygen atoms in total. The third-order valence-corrected chi connectivity index (χ3v) is 4.16. The summed E-state index contributed by atoms with van der Waals surface area (Å²) in [6.07, 6.45) is 0. The van der Waals surface area contributed by atoms with Crippen LogP contribution >= 0.6 is 11.3 Å². The minimum absolute atomic E-state index is 0.0406. The normalized spacial score (nSPS) is 11.2. The van der Waals surface area contributed by atoms with Crippen LogP contribution in [0.4, 0.5) is 4.39 Å². The van der Waals surface area contributed by atoms with Crippen LogP contribution in [0.25, 0.3) is 10.2 Å². The second-order valence-electron chi connectivity index (χ2n) is 4.75. The van der Waals surface area contributed by atoms with Crippen LogP contribution < -0.4 is 5.56 Å². The summed E-state index contributed by atoms with van der Waals surface area (Å²) in [6, 6.07) is 8.04. The lowest BCUT2D eigenvalue weighted by Crippen LogP contribution is -2.23. The number of halogens is 1. The van der Waals surface area contributed by atoms with E-state index in [1.807, 2.05) is 19.9 Å². The first kappa shape index (κ1) is 13.0. The Labute approximate surface area is 119 Å². The Morgan fingerprint density at radius 2 is 1.95 bits per heavy atom. The van der Waals surface area contributed by atoms with Crippen molar-refractivity contribution in [1.82, 2.24) is 9.55 Å². The van der Waals surface area contributed by atoms with E-state index in [1.165, 1.54) is 23.5 Å². The van der Waals surface area contributed by atoms with Crippen LogP contribution in [-0.2, 0) is 6.54 Å². The Balaban J connectivity index is 2.11. The zero-order chi connectivity index (χ0) is 14.3. The molecule has 102 valence electrons. The second kappa shape index (κ2) is 4.83. The molecular weight excluding hydrogens is 275 g/mol. The molecule has 0 fully saturated rings. The lowest BCUT2D eigenvalue weighted by atomic mass is 10.2. The SMILES string of the molecule is Cc1cc2c(=O)n(Cc3ccc(F)cc3)c(C)nc2s1. The first-order chi connectivity index (χ1) is 9.54. The standard InChI is InChI=1S/C15H13FN2OS/c1-9-7-13-14(20-9)17-10(2)18(15(13)19)8-11-3-5-12(16)6-4-11/h3-7H,8H2,1-2H3. The van der Waals surface area contributed by atoms with Gasteiger partial charge in [-0.05, 0) is 37.6 Å². The molecule has 0 bridgehead atoms. The minimum Gasteiger partial charge on any atom is -0.292 e. The van der Waals surface area contributed by atoms with Crippen molar-refractivity contribution < 1.29 is 4.39 Å². The van der Waals surface area contributed by atoms with Gasteiger partial charge in [-0.3, -0.25) is 9.36 Å². The average molecular weight is 288 g/mol. The van der Waals surface area contributed by atoms with Gasteiger partial charge in [0.2, 0.25) is 0 Å². The number of fused-ring (bicyclic) bond motifs is 1. The minimum atomic E-state index is -0.278. The molecule has 0 unspecified atom stereocenters. The number of thiophene rings is 1. The van der Waals surface area contributed by atoms with Gasteiger partial charge in [-0.2, -0.15) is 0 Å². The maximum atomic E-state index is 12.9. The summed E-state index contributed by atoms with van der Waals surface area (Å²) in [7, 11) is 0. The molecule has 0 saturated carbocycles. The van der Waals surface area contributed by atoms with Crippen LogP contribution in [0, 0.1) is 19.7 Å². The summed E-state index contributed by atoms with van der Waals surface area (Å²) in [5, 5.41) is 0.653. The number of benzene rings is 1. The van der Waals surface area contributed by atoms with E-state index in [0.717, 1.165) is 15.3 Å². The molecule has 0 aliphatic rings. The van der Waals surface area contributed by atoms with Crippen LogP contribution in [-0.4, -0.2) is 9.55 Å². The lowest BCUT2D eigenvalue weighted by molar-refractivity contribution is 0.625. The molecule has 0 radical (unpaired) electrons. The zero-order valence-corrected chi connectivity index (χ0v) is 12.0. The van der Waals surface area contributed by atoms with E-state index in [1.54, 1.807) is 16.7 Å². The largest absolute Gasteiger partial charge is 0.292 e. The molecule has 0 saturated heterocycles. The van der Waals surface area contributed by atoms with E-state index in [4.69, 9.17) is 0 Å². The van der Waals surface area contributed by atoms with Crippen molar-refractivity contribution >= 4 is 21.6 Å². The highest BCUT2D eigenvalue weighted by Crippen LogP contribution is 2.20. The summed E-state index contributed by atoms with van der Waals surface area (Å²) >= 11 is 1.52. The third-order valence-electron chi connectivity index (χ3n) is 3.22. The van der Waals surface area contributed by atoms with Gasteiger partial charge in [-0.25, -0.2) is 9.37 Å². The van der Waals surface area contributed by atoms with Crippen LogP contribution in [0.15, 0.2) is 35.1 Å². The predicted molar refractivity (Wildman–Crippen MR) is 78.9 cm³/mol. The summed E-state index contributed by atoms with van der Waals surface area (Å²) in [5.41, 5.74) is 0.839. The highest BCUT2D eigenvalue weighted by Gasteiger charge is 2.10. The van der Waals surface area contributed by atoms with Gasteiger partial charge in [0.15, 0.2) is 0 Å². The Morgan fingerprint density at radius 3 is 2.65 bits per heavy atom. The number of rotatable bonds is 2. The fraction of sp³-hybridized carbons (Fsp3) is 0.200. The Kier molecular flexibility index (Phi) is 3.14. The maximum absolute atomic E-state index is 12.9. The highest BCUT2D eigenvalue weighted by atomic mass is 32.1. The fourth-order valence-corrected chi connectivity index (χ4v) is 3.11. The van der Waals surface area contributed by atoms with Gasteiger partial charge in [0.1, 0.15) is 16.5 Å². The Bertz CT molecular complexity index is 833. The number of hydrogen-bond donors (Lipinski definition) is 0. The molecule has 0 aliphatic heterocycles. The number of nitrogens with zero attached hydrogens (tertiary/aromatic N) is 2. The molecule has 5 heteroatoms. The molecule has 1 aromatic carbocycles. The fourth-order valence-electron chi connectivity index (χ4n) is 2.20. The zero-order valence-electron chi connectivity index (χ0n) is 11.2. The van der Waals surface area contributed by atoms with E-state index in [-0.39, 0.29) is 11.4 Å². The predicted octanol–water partition coefficient (Wildman–Crippen LogP) is 3.26. The van der Waals surface area contributed by atoms with Crippen molar-refractivity contribution in [3.63, 3.8) is 0 Å². The van der Waals surface area contributed by atoms with Gasteiger partial charge < -0.3 is 0 Å². The van der Waals surface area contributed by atoms with E-state index in [9.17, 15) is 9.18 Å². The molecular formula is C15H13FN2OS. The quantitative estimate of drug-likeness (QED) is 0.725. The highest BCUT2D eigenvalue weighted by molar-refractivity contribution is 7.18. The van der Waals surface area contributed by atoms with Crippen molar-refractivity contribution in [2.75, 3.05) is 0 Å². The summed E-state index contributed by atoms with van der Waals surface area (Å²) in [4.78, 5) is 18.8. The molecule has 0 amide bonds. The first-order valence-electron chi connectivity index (χ1n) is 6.26. The summed E-state index contributed by atoms with van der Waals surface area (Å²) < 4.78 is 14.5. The van der Waals surface area contributed by atoms with Crippen molar-refractivity contribution in [2.24, 2.45) is 0 Å².